The van der Waals surface area contributed by atoms with Gasteiger partial charge in [-0.1, -0.05) is 297 Å². The van der Waals surface area contributed by atoms with Crippen molar-refractivity contribution in [2.45, 2.75) is 23.7 Å². The molecule has 2 spiro atoms. The van der Waals surface area contributed by atoms with Gasteiger partial charge in [-0.25, -0.2) is 0 Å². The topological polar surface area (TPSA) is 8.17 Å². The number of benzene rings is 17. The Morgan fingerprint density at radius 3 is 1.13 bits per heavy atom. The Morgan fingerprint density at radius 2 is 0.602 bits per heavy atom. The van der Waals surface area contributed by atoms with Crippen LogP contribution in [0.1, 0.15) is 57.3 Å². The Kier molecular flexibility index (Phi) is 13.2. The van der Waals surface area contributed by atoms with Gasteiger partial charge in [0.1, 0.15) is 0 Å². The van der Waals surface area contributed by atoms with E-state index in [-0.39, 0.29) is 0 Å². The van der Waals surface area contributed by atoms with Crippen molar-refractivity contribution in [2.75, 3.05) is 4.90 Å². The molecule has 18 aromatic rings. The molecule has 0 bridgehead atoms. The number of allylic oxidation sites excluding steroid dienone is 4. The van der Waals surface area contributed by atoms with Crippen LogP contribution in [-0.2, 0) is 10.8 Å². The minimum absolute atomic E-state index is 0.403. The minimum Gasteiger partial charge on any atom is -0.311 e. The van der Waals surface area contributed by atoms with Crippen molar-refractivity contribution in [1.29, 1.82) is 0 Å². The van der Waals surface area contributed by atoms with E-state index in [4.69, 9.17) is 0 Å². The molecule has 0 amide bonds. The third-order valence-electron chi connectivity index (χ3n) is 24.7. The molecule has 0 unspecified atom stereocenters. The molecule has 2 nitrogen and oxygen atoms in total. The number of aromatic nitrogens is 1. The lowest BCUT2D eigenvalue weighted by Crippen LogP contribution is -2.27. The van der Waals surface area contributed by atoms with Gasteiger partial charge in [0.15, 0.2) is 0 Å². The molecule has 0 aliphatic heterocycles. The first-order valence-electron chi connectivity index (χ1n) is 38.0. The maximum Gasteiger partial charge on any atom is 0.0725 e. The van der Waals surface area contributed by atoms with Gasteiger partial charge in [0.25, 0.3) is 0 Å². The van der Waals surface area contributed by atoms with Crippen molar-refractivity contribution >= 4 is 66.0 Å². The molecular weight excluding hydrogens is 1300 g/mol. The average molecular weight is 1370 g/mol. The molecule has 2 heteroatoms. The van der Waals surface area contributed by atoms with Crippen molar-refractivity contribution < 1.29 is 0 Å². The van der Waals surface area contributed by atoms with Gasteiger partial charge in [0.05, 0.1) is 21.9 Å². The number of rotatable bonds is 9. The minimum atomic E-state index is -0.450. The fourth-order valence-electron chi connectivity index (χ4n) is 20.3. The molecule has 502 valence electrons. The smallest absolute Gasteiger partial charge is 0.0725 e. The fraction of sp³-hybridized carbons (Fsp3) is 0.0377. The number of nitrogens with zero attached hydrogens (tertiary/aromatic N) is 2. The van der Waals surface area contributed by atoms with Crippen molar-refractivity contribution in [2.24, 2.45) is 0 Å². The summed E-state index contributed by atoms with van der Waals surface area (Å²) < 4.78 is 2.50. The highest BCUT2D eigenvalue weighted by Gasteiger charge is 2.54. The standard InChI is InChI=1S/C106H68N2/c1-4-24-68(25-5-1)103-87-36-10-11-37-88(87)104(69-26-6-2-7-27-69)92-64-70(48-59-89(92)103)67-44-51-76(52-45-67)107(75-28-8-3-9-29-75)77-53-55-78(56-54-77)108-101-60-49-71(73-46-57-85-83-34-16-22-42-97(83)105(99(85)65-73)93-38-18-12-30-79(93)80-31-13-19-39-94(80)105)62-90(101)91-63-72(50-61-102(91)108)74-47-58-86-84-35-17-23-43-98(84)106(100(86)66-74)95-40-20-14-32-81(95)82-33-15-21-41-96(82)106/h1-16,18-34,36-66H,17,35H2. The van der Waals surface area contributed by atoms with Crippen LogP contribution in [0.25, 0.3) is 144 Å². The van der Waals surface area contributed by atoms with Crippen molar-refractivity contribution in [3.63, 3.8) is 0 Å². The predicted molar refractivity (Wildman–Crippen MR) is 451 cm³/mol. The molecule has 0 atom stereocenters. The Morgan fingerprint density at radius 1 is 0.241 bits per heavy atom. The van der Waals surface area contributed by atoms with E-state index >= 15 is 0 Å². The van der Waals surface area contributed by atoms with Crippen molar-refractivity contribution in [1.82, 2.24) is 4.57 Å². The second kappa shape index (κ2) is 23.4. The van der Waals surface area contributed by atoms with Gasteiger partial charge in [-0.15, -0.1) is 0 Å². The number of hydrogen-bond acceptors (Lipinski definition) is 1. The normalized spacial score (nSPS) is 14.1. The molecule has 0 N–H and O–H groups in total. The lowest BCUT2D eigenvalue weighted by molar-refractivity contribution is 0.781. The number of fused-ring (bicyclic) bond motifs is 24. The highest BCUT2D eigenvalue weighted by atomic mass is 15.1. The second-order valence-electron chi connectivity index (χ2n) is 29.9. The van der Waals surface area contributed by atoms with Gasteiger partial charge in [0, 0.05) is 33.5 Å². The summed E-state index contributed by atoms with van der Waals surface area (Å²) in [6, 6.07) is 142. The van der Waals surface area contributed by atoms with Gasteiger partial charge in [0.2, 0.25) is 0 Å². The maximum absolute atomic E-state index is 2.56. The Bertz CT molecular complexity index is 6780. The molecule has 108 heavy (non-hydrogen) atoms. The summed E-state index contributed by atoms with van der Waals surface area (Å²) in [5.74, 6) is 0. The van der Waals surface area contributed by atoms with Crippen LogP contribution in [0.15, 0.2) is 394 Å². The third kappa shape index (κ3) is 8.54. The van der Waals surface area contributed by atoms with Crippen molar-refractivity contribution in [3.8, 4) is 94.7 Å². The van der Waals surface area contributed by atoms with Crippen molar-refractivity contribution in [3.05, 3.63) is 438 Å². The third-order valence-corrected chi connectivity index (χ3v) is 24.7. The predicted octanol–water partition coefficient (Wildman–Crippen LogP) is 27.7. The van der Waals surface area contributed by atoms with Gasteiger partial charge < -0.3 is 9.47 Å². The van der Waals surface area contributed by atoms with Gasteiger partial charge in [-0.05, 0) is 270 Å². The first-order valence-corrected chi connectivity index (χ1v) is 38.0. The zero-order chi connectivity index (χ0) is 70.8. The molecule has 23 rings (SSSR count). The molecule has 0 fully saturated rings. The second-order valence-corrected chi connectivity index (χ2v) is 29.9. The van der Waals surface area contributed by atoms with E-state index in [0.29, 0.717) is 0 Å². The zero-order valence-electron chi connectivity index (χ0n) is 59.3. The SMILES string of the molecule is C1=CC2=C(CC1)c1ccc(-c3ccc4c(c3)c3cc(-c5ccc6c(c5)C5(c7ccccc7-c7ccccc75)c5ccccc5-6)ccc3n4-c3ccc(N(c4ccccc4)c4ccc(-c5ccc6c(-c7ccccc7)c7ccccc7c(-c7ccccc7)c6c5)cc4)cc3)cc1C21c2ccccc2-c2ccccc21. The molecule has 1 aromatic heterocycles. The average Bonchev–Trinajstić information content (AvgIpc) is 1.51. The molecule has 17 aromatic carbocycles. The largest absolute Gasteiger partial charge is 0.311 e. The maximum atomic E-state index is 2.56. The van der Waals surface area contributed by atoms with Gasteiger partial charge in [-0.3, -0.25) is 0 Å². The molecule has 1 heterocycles. The summed E-state index contributed by atoms with van der Waals surface area (Å²) >= 11 is 0. The summed E-state index contributed by atoms with van der Waals surface area (Å²) in [7, 11) is 0. The summed E-state index contributed by atoms with van der Waals surface area (Å²) in [6.07, 6.45) is 6.95. The van der Waals surface area contributed by atoms with E-state index in [0.717, 1.165) is 52.2 Å². The highest BCUT2D eigenvalue weighted by Crippen LogP contribution is 2.66. The monoisotopic (exact) mass is 1370 g/mol. The summed E-state index contributed by atoms with van der Waals surface area (Å²) in [5, 5.41) is 7.40. The lowest BCUT2D eigenvalue weighted by atomic mass is 9.69. The van der Waals surface area contributed by atoms with Crippen LogP contribution in [0.2, 0.25) is 0 Å². The van der Waals surface area contributed by atoms with Crippen LogP contribution in [0.4, 0.5) is 17.1 Å². The molecule has 5 aliphatic carbocycles. The number of para-hydroxylation sites is 1. The molecule has 5 aliphatic rings. The van der Waals surface area contributed by atoms with E-state index in [1.807, 2.05) is 0 Å². The molecular formula is C106H68N2. The van der Waals surface area contributed by atoms with Crippen LogP contribution < -0.4 is 4.90 Å². The summed E-state index contributed by atoms with van der Waals surface area (Å²) in [5.41, 5.74) is 39.6. The van der Waals surface area contributed by atoms with E-state index < -0.39 is 10.8 Å². The molecule has 0 radical (unpaired) electrons. The zero-order valence-corrected chi connectivity index (χ0v) is 59.3. The Labute approximate surface area is 628 Å². The summed E-state index contributed by atoms with van der Waals surface area (Å²) in [4.78, 5) is 2.39. The molecule has 0 saturated carbocycles. The quantitative estimate of drug-likeness (QED) is 0.131. The Hall–Kier alpha value is -13.7. The van der Waals surface area contributed by atoms with Crippen LogP contribution in [0.5, 0.6) is 0 Å². The fourth-order valence-corrected chi connectivity index (χ4v) is 20.3. The van der Waals surface area contributed by atoms with Gasteiger partial charge in [-0.2, -0.15) is 0 Å². The van der Waals surface area contributed by atoms with E-state index in [1.165, 1.54) is 171 Å². The van der Waals surface area contributed by atoms with Crippen LogP contribution in [0.3, 0.4) is 0 Å². The first-order chi connectivity index (χ1) is 53.6. The highest BCUT2D eigenvalue weighted by molar-refractivity contribution is 6.22. The van der Waals surface area contributed by atoms with E-state index in [2.05, 4.69) is 398 Å². The van der Waals surface area contributed by atoms with E-state index in [1.54, 1.807) is 0 Å². The number of hydrogen-bond donors (Lipinski definition) is 0. The van der Waals surface area contributed by atoms with Gasteiger partial charge >= 0.3 is 0 Å². The van der Waals surface area contributed by atoms with Crippen LogP contribution in [-0.4, -0.2) is 4.57 Å². The summed E-state index contributed by atoms with van der Waals surface area (Å²) in [6.45, 7) is 0. The van der Waals surface area contributed by atoms with E-state index in [9.17, 15) is 0 Å². The number of anilines is 3. The Balaban J connectivity index is 0.667. The first kappa shape index (κ1) is 60.7. The van der Waals surface area contributed by atoms with Crippen LogP contribution >= 0.6 is 0 Å². The van der Waals surface area contributed by atoms with Crippen LogP contribution in [0, 0.1) is 0 Å². The molecule has 0 saturated heterocycles. The lowest BCUT2D eigenvalue weighted by Gasteiger charge is -2.32.